The Morgan fingerprint density at radius 1 is 0.708 bits per heavy atom. The van der Waals surface area contributed by atoms with Crippen molar-refractivity contribution in [2.75, 3.05) is 0 Å². The van der Waals surface area contributed by atoms with Crippen molar-refractivity contribution in [2.24, 2.45) is 7.05 Å². The summed E-state index contributed by atoms with van der Waals surface area (Å²) < 4.78 is 16.3. The molecule has 0 saturated carbocycles. The molecule has 0 unspecified atom stereocenters. The molecule has 0 saturated heterocycles. The average molecular weight is 331 g/mol. The molecule has 0 atom stereocenters. The van der Waals surface area contributed by atoms with Crippen LogP contribution in [0.5, 0.6) is 0 Å². The Bertz CT molecular complexity index is 992. The number of rotatable bonds is 3. The van der Waals surface area contributed by atoms with Gasteiger partial charge in [0.2, 0.25) is 0 Å². The number of benzene rings is 3. The molecule has 0 bridgehead atoms. The predicted molar refractivity (Wildman–Crippen MR) is 102 cm³/mol. The molecular formula is C21H18NOP. The Morgan fingerprint density at radius 2 is 1.29 bits per heavy atom. The number of nitrogens with zero attached hydrogens (tertiary/aromatic N) is 1. The zero-order valence-electron chi connectivity index (χ0n) is 13.5. The highest BCUT2D eigenvalue weighted by Gasteiger charge is 2.29. The van der Waals surface area contributed by atoms with Crippen molar-refractivity contribution < 1.29 is 4.57 Å². The molecule has 0 amide bonds. The molecule has 24 heavy (non-hydrogen) atoms. The highest BCUT2D eigenvalue weighted by molar-refractivity contribution is 7.85. The van der Waals surface area contributed by atoms with Crippen LogP contribution in [-0.2, 0) is 11.6 Å². The fourth-order valence-electron chi connectivity index (χ4n) is 3.19. The van der Waals surface area contributed by atoms with E-state index < -0.39 is 7.14 Å². The molecule has 3 heteroatoms. The van der Waals surface area contributed by atoms with Gasteiger partial charge in [-0.15, -0.1) is 0 Å². The second-order valence-electron chi connectivity index (χ2n) is 5.95. The van der Waals surface area contributed by atoms with E-state index in [1.807, 2.05) is 80.0 Å². The summed E-state index contributed by atoms with van der Waals surface area (Å²) in [7, 11) is -0.857. The molecule has 4 aromatic rings. The molecule has 1 heterocycles. The fourth-order valence-corrected chi connectivity index (χ4v) is 5.87. The van der Waals surface area contributed by atoms with Crippen molar-refractivity contribution in [3.05, 3.63) is 91.1 Å². The third kappa shape index (κ3) is 2.31. The smallest absolute Gasteiger partial charge is 0.171 e. The predicted octanol–water partition coefficient (Wildman–Crippen LogP) is 3.82. The largest absolute Gasteiger partial charge is 0.351 e. The molecule has 0 aliphatic rings. The van der Waals surface area contributed by atoms with Gasteiger partial charge in [-0.25, -0.2) is 0 Å². The average Bonchev–Trinajstić information content (AvgIpc) is 3.03. The van der Waals surface area contributed by atoms with Gasteiger partial charge in [-0.1, -0.05) is 60.7 Å². The zero-order chi connectivity index (χ0) is 16.6. The molecule has 3 aromatic carbocycles. The van der Waals surface area contributed by atoms with Crippen molar-refractivity contribution in [3.63, 3.8) is 0 Å². The number of aromatic nitrogens is 1. The third-order valence-electron chi connectivity index (χ3n) is 4.47. The molecule has 0 radical (unpaired) electrons. The van der Waals surface area contributed by atoms with E-state index in [9.17, 15) is 4.57 Å². The van der Waals surface area contributed by atoms with Gasteiger partial charge in [-0.2, -0.15) is 0 Å². The summed E-state index contributed by atoms with van der Waals surface area (Å²) in [4.78, 5) is 0. The summed E-state index contributed by atoms with van der Waals surface area (Å²) in [5, 5.41) is 3.72. The minimum Gasteiger partial charge on any atom is -0.351 e. The van der Waals surface area contributed by atoms with Crippen LogP contribution in [0.4, 0.5) is 0 Å². The summed E-state index contributed by atoms with van der Waals surface area (Å²) in [5.74, 6) is 0. The Labute approximate surface area is 141 Å². The second kappa shape index (κ2) is 5.81. The topological polar surface area (TPSA) is 22.0 Å². The highest BCUT2D eigenvalue weighted by Crippen LogP contribution is 2.42. The van der Waals surface area contributed by atoms with Crippen LogP contribution in [0.15, 0.2) is 91.1 Å². The van der Waals surface area contributed by atoms with Gasteiger partial charge in [0.05, 0.1) is 0 Å². The first-order valence-electron chi connectivity index (χ1n) is 7.96. The van der Waals surface area contributed by atoms with Crippen LogP contribution in [0.25, 0.3) is 10.9 Å². The molecule has 118 valence electrons. The monoisotopic (exact) mass is 331 g/mol. The molecule has 4 rings (SSSR count). The number of fused-ring (bicyclic) bond motifs is 1. The molecule has 0 spiro atoms. The quantitative estimate of drug-likeness (QED) is 0.523. The Morgan fingerprint density at radius 3 is 1.88 bits per heavy atom. The first-order chi connectivity index (χ1) is 11.7. The molecule has 1 aromatic heterocycles. The van der Waals surface area contributed by atoms with Crippen LogP contribution in [0, 0.1) is 0 Å². The molecule has 0 fully saturated rings. The van der Waals surface area contributed by atoms with Gasteiger partial charge in [0, 0.05) is 40.1 Å². The van der Waals surface area contributed by atoms with Gasteiger partial charge in [0.15, 0.2) is 7.14 Å². The lowest BCUT2D eigenvalue weighted by molar-refractivity contribution is 0.592. The van der Waals surface area contributed by atoms with Crippen LogP contribution in [-0.4, -0.2) is 4.57 Å². The maximum Gasteiger partial charge on any atom is 0.171 e. The molecular weight excluding hydrogens is 313 g/mol. The minimum absolute atomic E-state index is 0.867. The summed E-state index contributed by atoms with van der Waals surface area (Å²) in [6.45, 7) is 0. The van der Waals surface area contributed by atoms with E-state index in [1.165, 1.54) is 0 Å². The molecule has 0 N–H and O–H groups in total. The van der Waals surface area contributed by atoms with Gasteiger partial charge in [-0.05, 0) is 24.3 Å². The summed E-state index contributed by atoms with van der Waals surface area (Å²) in [6, 6.07) is 27.8. The van der Waals surface area contributed by atoms with Gasteiger partial charge < -0.3 is 9.13 Å². The van der Waals surface area contributed by atoms with Crippen LogP contribution in [0.1, 0.15) is 0 Å². The van der Waals surface area contributed by atoms with Crippen LogP contribution < -0.4 is 15.9 Å². The van der Waals surface area contributed by atoms with Crippen molar-refractivity contribution in [1.82, 2.24) is 4.57 Å². The lowest BCUT2D eigenvalue weighted by Crippen LogP contribution is -2.24. The van der Waals surface area contributed by atoms with Crippen LogP contribution in [0.2, 0.25) is 0 Å². The van der Waals surface area contributed by atoms with Gasteiger partial charge >= 0.3 is 0 Å². The van der Waals surface area contributed by atoms with Crippen molar-refractivity contribution in [1.29, 1.82) is 0 Å². The van der Waals surface area contributed by atoms with Crippen LogP contribution in [0.3, 0.4) is 0 Å². The first kappa shape index (κ1) is 15.0. The molecule has 0 aliphatic carbocycles. The van der Waals surface area contributed by atoms with E-state index in [-0.39, 0.29) is 0 Å². The number of aryl methyl sites for hydroxylation is 1. The van der Waals surface area contributed by atoms with Crippen molar-refractivity contribution in [3.8, 4) is 0 Å². The Balaban J connectivity index is 2.00. The Hall–Kier alpha value is -2.57. The van der Waals surface area contributed by atoms with E-state index >= 15 is 0 Å². The summed E-state index contributed by atoms with van der Waals surface area (Å²) in [5.41, 5.74) is 1.14. The second-order valence-corrected chi connectivity index (χ2v) is 8.72. The fraction of sp³-hybridized carbons (Fsp3) is 0.0476. The standard InChI is InChI=1S/C21H18NOP/c1-22-15-14-17-16-20(12-13-21(17)22)24(23,18-8-4-2-5-9-18)19-10-6-3-7-11-19/h2-16H,1H3. The summed E-state index contributed by atoms with van der Waals surface area (Å²) >= 11 is 0. The molecule has 2 nitrogen and oxygen atoms in total. The SMILES string of the molecule is Cn1ccc2cc(P(=O)(c3ccccc3)c3ccccc3)ccc21. The van der Waals surface area contributed by atoms with Gasteiger partial charge in [-0.3, -0.25) is 0 Å². The maximum absolute atomic E-state index is 14.3. The minimum atomic E-state index is -2.88. The Kier molecular flexibility index (Phi) is 3.63. The normalized spacial score (nSPS) is 11.7. The number of hydrogen-bond acceptors (Lipinski definition) is 1. The maximum atomic E-state index is 14.3. The van der Waals surface area contributed by atoms with E-state index in [1.54, 1.807) is 0 Å². The van der Waals surface area contributed by atoms with Gasteiger partial charge in [0.25, 0.3) is 0 Å². The lowest BCUT2D eigenvalue weighted by Gasteiger charge is -2.20. The first-order valence-corrected chi connectivity index (χ1v) is 9.67. The van der Waals surface area contributed by atoms with E-state index in [0.717, 1.165) is 26.8 Å². The number of hydrogen-bond donors (Lipinski definition) is 0. The van der Waals surface area contributed by atoms with Gasteiger partial charge in [0.1, 0.15) is 0 Å². The van der Waals surface area contributed by atoms with E-state index in [2.05, 4.69) is 22.8 Å². The summed E-state index contributed by atoms with van der Waals surface area (Å²) in [6.07, 6.45) is 2.03. The van der Waals surface area contributed by atoms with Crippen molar-refractivity contribution in [2.45, 2.75) is 0 Å². The van der Waals surface area contributed by atoms with E-state index in [4.69, 9.17) is 0 Å². The van der Waals surface area contributed by atoms with E-state index in [0.29, 0.717) is 0 Å². The van der Waals surface area contributed by atoms with Crippen LogP contribution >= 0.6 is 7.14 Å². The lowest BCUT2D eigenvalue weighted by atomic mass is 10.2. The highest BCUT2D eigenvalue weighted by atomic mass is 31.2. The molecule has 0 aliphatic heterocycles. The third-order valence-corrected chi connectivity index (χ3v) is 7.53. The van der Waals surface area contributed by atoms with Crippen molar-refractivity contribution >= 4 is 34.0 Å². The zero-order valence-corrected chi connectivity index (χ0v) is 14.4.